The van der Waals surface area contributed by atoms with Crippen LogP contribution in [0.1, 0.15) is 30.1 Å². The molecule has 1 fully saturated rings. The molecule has 2 rings (SSSR count). The highest BCUT2D eigenvalue weighted by Crippen LogP contribution is 2.22. The molecule has 0 radical (unpaired) electrons. The van der Waals surface area contributed by atoms with Gasteiger partial charge in [-0.15, -0.1) is 0 Å². The van der Waals surface area contributed by atoms with E-state index in [2.05, 4.69) is 10.4 Å². The number of rotatable bonds is 2. The zero-order chi connectivity index (χ0) is 13.2. The number of nitrogens with one attached hydrogen (secondary N) is 1. The molecule has 98 valence electrons. The van der Waals surface area contributed by atoms with Gasteiger partial charge in [-0.05, 0) is 31.9 Å². The number of hydrogen-bond donors (Lipinski definition) is 3. The minimum atomic E-state index is -0.650. The van der Waals surface area contributed by atoms with Crippen molar-refractivity contribution in [3.05, 3.63) is 23.9 Å². The number of aromatic nitrogens is 1. The summed E-state index contributed by atoms with van der Waals surface area (Å²) in [5.74, 6) is 5.68. The molecule has 6 nitrogen and oxygen atoms in total. The van der Waals surface area contributed by atoms with Crippen LogP contribution in [-0.2, 0) is 0 Å². The van der Waals surface area contributed by atoms with Gasteiger partial charge in [-0.2, -0.15) is 0 Å². The number of amides is 1. The van der Waals surface area contributed by atoms with E-state index < -0.39 is 5.60 Å². The summed E-state index contributed by atoms with van der Waals surface area (Å²) in [6.07, 6.45) is 2.72. The van der Waals surface area contributed by atoms with E-state index in [1.54, 1.807) is 24.0 Å². The maximum absolute atomic E-state index is 12.2. The van der Waals surface area contributed by atoms with Crippen LogP contribution in [-0.4, -0.2) is 39.6 Å². The summed E-state index contributed by atoms with van der Waals surface area (Å²) in [5.41, 5.74) is 2.30. The fourth-order valence-electron chi connectivity index (χ4n) is 1.98. The average Bonchev–Trinajstić information content (AvgIpc) is 2.38. The molecule has 0 saturated carbocycles. The zero-order valence-corrected chi connectivity index (χ0v) is 10.4. The number of hydrogen-bond acceptors (Lipinski definition) is 5. The highest BCUT2D eigenvalue weighted by atomic mass is 16.3. The fourth-order valence-corrected chi connectivity index (χ4v) is 1.98. The van der Waals surface area contributed by atoms with Crippen molar-refractivity contribution in [2.24, 2.45) is 5.84 Å². The third kappa shape index (κ3) is 2.77. The Bertz CT molecular complexity index is 420. The Morgan fingerprint density at radius 1 is 1.50 bits per heavy atom. The second-order valence-electron chi connectivity index (χ2n) is 4.87. The monoisotopic (exact) mass is 250 g/mol. The van der Waals surface area contributed by atoms with Crippen LogP contribution in [0.2, 0.25) is 0 Å². The van der Waals surface area contributed by atoms with E-state index in [4.69, 9.17) is 5.84 Å². The van der Waals surface area contributed by atoms with Crippen molar-refractivity contribution in [3.63, 3.8) is 0 Å². The molecule has 6 heteroatoms. The van der Waals surface area contributed by atoms with Gasteiger partial charge in [0, 0.05) is 19.3 Å². The number of carbonyl (C=O) groups excluding carboxylic acids is 1. The Morgan fingerprint density at radius 3 is 2.67 bits per heavy atom. The smallest absolute Gasteiger partial charge is 0.255 e. The van der Waals surface area contributed by atoms with Gasteiger partial charge in [-0.3, -0.25) is 4.79 Å². The SMILES string of the molecule is CC1(O)CCN(C(=O)c2ccc(NN)nc2)CC1. The van der Waals surface area contributed by atoms with Gasteiger partial charge < -0.3 is 15.4 Å². The lowest BCUT2D eigenvalue weighted by atomic mass is 9.93. The number of aliphatic hydroxyl groups is 1. The number of nitrogen functional groups attached to an aromatic ring is 1. The molecule has 1 aromatic rings. The average molecular weight is 250 g/mol. The third-order valence-electron chi connectivity index (χ3n) is 3.29. The van der Waals surface area contributed by atoms with Crippen molar-refractivity contribution < 1.29 is 9.90 Å². The van der Waals surface area contributed by atoms with Crippen molar-refractivity contribution >= 4 is 11.7 Å². The first kappa shape index (κ1) is 12.8. The predicted octanol–water partition coefficient (Wildman–Crippen LogP) is 0.354. The number of pyridine rings is 1. The van der Waals surface area contributed by atoms with Crippen LogP contribution in [0, 0.1) is 0 Å². The van der Waals surface area contributed by atoms with E-state index in [0.29, 0.717) is 37.3 Å². The van der Waals surface area contributed by atoms with E-state index in [0.717, 1.165) is 0 Å². The van der Waals surface area contributed by atoms with Gasteiger partial charge in [0.05, 0.1) is 11.2 Å². The molecule has 4 N–H and O–H groups in total. The van der Waals surface area contributed by atoms with Gasteiger partial charge >= 0.3 is 0 Å². The Kier molecular flexibility index (Phi) is 3.49. The first-order valence-electron chi connectivity index (χ1n) is 5.96. The first-order valence-corrected chi connectivity index (χ1v) is 5.96. The normalized spacial score (nSPS) is 18.5. The number of anilines is 1. The fraction of sp³-hybridized carbons (Fsp3) is 0.500. The van der Waals surface area contributed by atoms with Crippen LogP contribution in [0.3, 0.4) is 0 Å². The number of piperidine rings is 1. The second-order valence-corrected chi connectivity index (χ2v) is 4.87. The zero-order valence-electron chi connectivity index (χ0n) is 10.4. The molecule has 0 aliphatic carbocycles. The van der Waals surface area contributed by atoms with Crippen molar-refractivity contribution in [2.75, 3.05) is 18.5 Å². The van der Waals surface area contributed by atoms with Crippen LogP contribution in [0.15, 0.2) is 18.3 Å². The molecule has 0 atom stereocenters. The van der Waals surface area contributed by atoms with E-state index in [9.17, 15) is 9.90 Å². The standard InChI is InChI=1S/C12H18N4O2/c1-12(18)4-6-16(7-5-12)11(17)9-2-3-10(15-13)14-8-9/h2-3,8,18H,4-7,13H2,1H3,(H,14,15). The van der Waals surface area contributed by atoms with Gasteiger partial charge in [-0.25, -0.2) is 10.8 Å². The molecule has 1 aliphatic heterocycles. The second kappa shape index (κ2) is 4.91. The molecule has 0 bridgehead atoms. The molecule has 1 saturated heterocycles. The van der Waals surface area contributed by atoms with E-state index >= 15 is 0 Å². The topological polar surface area (TPSA) is 91.5 Å². The quantitative estimate of drug-likeness (QED) is 0.520. The number of nitrogens with zero attached hydrogens (tertiary/aromatic N) is 2. The number of carbonyl (C=O) groups is 1. The van der Waals surface area contributed by atoms with Gasteiger partial charge in [0.2, 0.25) is 0 Å². The molecule has 0 spiro atoms. The molecule has 1 amide bonds. The largest absolute Gasteiger partial charge is 0.390 e. The summed E-state index contributed by atoms with van der Waals surface area (Å²) >= 11 is 0. The Balaban J connectivity index is 2.03. The highest BCUT2D eigenvalue weighted by Gasteiger charge is 2.29. The van der Waals surface area contributed by atoms with E-state index in [1.165, 1.54) is 6.20 Å². The van der Waals surface area contributed by atoms with Gasteiger partial charge in [0.25, 0.3) is 5.91 Å². The molecule has 1 aromatic heterocycles. The summed E-state index contributed by atoms with van der Waals surface area (Å²) in [7, 11) is 0. The molecule has 1 aliphatic rings. The van der Waals surface area contributed by atoms with Crippen LogP contribution >= 0.6 is 0 Å². The van der Waals surface area contributed by atoms with Gasteiger partial charge in [0.1, 0.15) is 5.82 Å². The van der Waals surface area contributed by atoms with Gasteiger partial charge in [-0.1, -0.05) is 0 Å². The lowest BCUT2D eigenvalue weighted by Crippen LogP contribution is -2.45. The molecular formula is C12H18N4O2. The highest BCUT2D eigenvalue weighted by molar-refractivity contribution is 5.94. The lowest BCUT2D eigenvalue weighted by Gasteiger charge is -2.35. The van der Waals surface area contributed by atoms with Crippen molar-refractivity contribution in [1.82, 2.24) is 9.88 Å². The van der Waals surface area contributed by atoms with E-state index in [1.807, 2.05) is 0 Å². The summed E-state index contributed by atoms with van der Waals surface area (Å²) < 4.78 is 0. The van der Waals surface area contributed by atoms with Crippen molar-refractivity contribution in [2.45, 2.75) is 25.4 Å². The van der Waals surface area contributed by atoms with Crippen LogP contribution < -0.4 is 11.3 Å². The predicted molar refractivity (Wildman–Crippen MR) is 67.8 cm³/mol. The molecular weight excluding hydrogens is 232 g/mol. The van der Waals surface area contributed by atoms with Crippen molar-refractivity contribution in [3.8, 4) is 0 Å². The van der Waals surface area contributed by atoms with Crippen LogP contribution in [0.5, 0.6) is 0 Å². The maximum atomic E-state index is 12.2. The summed E-state index contributed by atoms with van der Waals surface area (Å²) in [5, 5.41) is 9.84. The van der Waals surface area contributed by atoms with Gasteiger partial charge in [0.15, 0.2) is 0 Å². The molecule has 0 unspecified atom stereocenters. The molecule has 0 aromatic carbocycles. The minimum absolute atomic E-state index is 0.0541. The van der Waals surface area contributed by atoms with Crippen LogP contribution in [0.25, 0.3) is 0 Å². The first-order chi connectivity index (χ1) is 8.52. The summed E-state index contributed by atoms with van der Waals surface area (Å²) in [6, 6.07) is 3.35. The summed E-state index contributed by atoms with van der Waals surface area (Å²) in [4.78, 5) is 17.9. The summed E-state index contributed by atoms with van der Waals surface area (Å²) in [6.45, 7) is 2.95. The van der Waals surface area contributed by atoms with Crippen molar-refractivity contribution in [1.29, 1.82) is 0 Å². The number of nitrogens with two attached hydrogens (primary N) is 1. The maximum Gasteiger partial charge on any atom is 0.255 e. The Morgan fingerprint density at radius 2 is 2.17 bits per heavy atom. The lowest BCUT2D eigenvalue weighted by molar-refractivity contribution is -0.00203. The Hall–Kier alpha value is -1.66. The Labute approximate surface area is 106 Å². The van der Waals surface area contributed by atoms with Crippen LogP contribution in [0.4, 0.5) is 5.82 Å². The molecule has 18 heavy (non-hydrogen) atoms. The minimum Gasteiger partial charge on any atom is -0.390 e. The molecule has 2 heterocycles. The third-order valence-corrected chi connectivity index (χ3v) is 3.29. The van der Waals surface area contributed by atoms with E-state index in [-0.39, 0.29) is 5.91 Å². The number of hydrazine groups is 1. The number of likely N-dealkylation sites (tertiary alicyclic amines) is 1.